The second kappa shape index (κ2) is 7.35. The van der Waals surface area contributed by atoms with Gasteiger partial charge in [-0.1, -0.05) is 6.07 Å². The lowest BCUT2D eigenvalue weighted by atomic mass is 10.3. The first-order valence-corrected chi connectivity index (χ1v) is 7.39. The van der Waals surface area contributed by atoms with E-state index in [2.05, 4.69) is 47.8 Å². The van der Waals surface area contributed by atoms with Crippen LogP contribution in [-0.4, -0.2) is 16.5 Å². The molecule has 0 aliphatic rings. The number of benzene rings is 1. The smallest absolute Gasteiger partial charge is 0.204 e. The number of hydrogen-bond acceptors (Lipinski definition) is 3. The quantitative estimate of drug-likeness (QED) is 0.673. The standard InChI is InChI=1S/C9H9Br3O3/c10-4-13-7-2-1-3-8(14-5-11)9(7)15-6-12/h1-3H,4-6H2. The highest BCUT2D eigenvalue weighted by Crippen LogP contribution is 2.37. The van der Waals surface area contributed by atoms with E-state index in [1.54, 1.807) is 0 Å². The Morgan fingerprint density at radius 3 is 1.67 bits per heavy atom. The normalized spacial score (nSPS) is 9.80. The monoisotopic (exact) mass is 402 g/mol. The zero-order valence-electron chi connectivity index (χ0n) is 7.71. The third-order valence-electron chi connectivity index (χ3n) is 1.56. The van der Waals surface area contributed by atoms with Gasteiger partial charge in [-0.05, 0) is 59.9 Å². The van der Waals surface area contributed by atoms with Crippen molar-refractivity contribution in [2.45, 2.75) is 0 Å². The fourth-order valence-electron chi connectivity index (χ4n) is 1.04. The van der Waals surface area contributed by atoms with Gasteiger partial charge in [-0.3, -0.25) is 0 Å². The third-order valence-corrected chi connectivity index (χ3v) is 2.25. The molecule has 0 radical (unpaired) electrons. The Bertz CT molecular complexity index is 282. The van der Waals surface area contributed by atoms with E-state index in [0.29, 0.717) is 33.8 Å². The average molecular weight is 405 g/mol. The lowest BCUT2D eigenvalue weighted by molar-refractivity contribution is 0.309. The van der Waals surface area contributed by atoms with Crippen LogP contribution in [0.5, 0.6) is 17.2 Å². The number of para-hydroxylation sites is 1. The summed E-state index contributed by atoms with van der Waals surface area (Å²) in [4.78, 5) is 0. The van der Waals surface area contributed by atoms with Gasteiger partial charge in [-0.15, -0.1) is 0 Å². The summed E-state index contributed by atoms with van der Waals surface area (Å²) in [6, 6.07) is 5.48. The molecular formula is C9H9Br3O3. The Morgan fingerprint density at radius 1 is 0.800 bits per heavy atom. The van der Waals surface area contributed by atoms with E-state index in [4.69, 9.17) is 14.2 Å². The van der Waals surface area contributed by atoms with Crippen LogP contribution in [0.15, 0.2) is 18.2 Å². The van der Waals surface area contributed by atoms with Gasteiger partial charge in [-0.25, -0.2) is 0 Å². The van der Waals surface area contributed by atoms with Crippen molar-refractivity contribution in [3.05, 3.63) is 18.2 Å². The van der Waals surface area contributed by atoms with E-state index < -0.39 is 0 Å². The molecule has 3 nitrogen and oxygen atoms in total. The summed E-state index contributed by atoms with van der Waals surface area (Å²) in [7, 11) is 0. The van der Waals surface area contributed by atoms with E-state index in [1.165, 1.54) is 0 Å². The van der Waals surface area contributed by atoms with Crippen LogP contribution in [0.1, 0.15) is 0 Å². The van der Waals surface area contributed by atoms with Gasteiger partial charge < -0.3 is 14.2 Å². The topological polar surface area (TPSA) is 27.7 Å². The molecule has 0 unspecified atom stereocenters. The van der Waals surface area contributed by atoms with Crippen LogP contribution in [0.25, 0.3) is 0 Å². The molecule has 15 heavy (non-hydrogen) atoms. The highest BCUT2D eigenvalue weighted by Gasteiger charge is 2.11. The predicted octanol–water partition coefficient (Wildman–Crippen LogP) is 3.88. The van der Waals surface area contributed by atoms with E-state index in [9.17, 15) is 0 Å². The Labute approximate surface area is 113 Å². The fraction of sp³-hybridized carbons (Fsp3) is 0.333. The Balaban J connectivity index is 2.97. The summed E-state index contributed by atoms with van der Waals surface area (Å²) in [6.07, 6.45) is 0. The molecule has 1 aromatic rings. The van der Waals surface area contributed by atoms with Crippen molar-refractivity contribution in [3.63, 3.8) is 0 Å². The van der Waals surface area contributed by atoms with Crippen LogP contribution < -0.4 is 14.2 Å². The van der Waals surface area contributed by atoms with Gasteiger partial charge in [0.1, 0.15) is 16.5 Å². The third kappa shape index (κ3) is 3.85. The van der Waals surface area contributed by atoms with E-state index in [0.717, 1.165) is 0 Å². The minimum atomic E-state index is 0.383. The molecule has 0 heterocycles. The maximum atomic E-state index is 5.40. The molecule has 0 aromatic heterocycles. The minimum Gasteiger partial charge on any atom is -0.478 e. The summed E-state index contributed by atoms with van der Waals surface area (Å²) in [5, 5.41) is 0. The highest BCUT2D eigenvalue weighted by molar-refractivity contribution is 9.09. The molecule has 6 heteroatoms. The summed E-state index contributed by atoms with van der Waals surface area (Å²) < 4.78 is 16.1. The Kier molecular flexibility index (Phi) is 6.43. The molecule has 0 aliphatic carbocycles. The van der Waals surface area contributed by atoms with Gasteiger partial charge in [0.15, 0.2) is 11.5 Å². The van der Waals surface area contributed by atoms with Crippen molar-refractivity contribution in [2.24, 2.45) is 0 Å². The molecule has 0 bridgehead atoms. The van der Waals surface area contributed by atoms with E-state index in [-0.39, 0.29) is 0 Å². The van der Waals surface area contributed by atoms with Gasteiger partial charge in [0.25, 0.3) is 0 Å². The first kappa shape index (κ1) is 13.1. The molecule has 0 saturated heterocycles. The van der Waals surface area contributed by atoms with Crippen LogP contribution in [-0.2, 0) is 0 Å². The van der Waals surface area contributed by atoms with Crippen LogP contribution in [0.4, 0.5) is 0 Å². The van der Waals surface area contributed by atoms with Gasteiger partial charge >= 0.3 is 0 Å². The molecular weight excluding hydrogens is 396 g/mol. The average Bonchev–Trinajstić information content (AvgIpc) is 2.23. The molecule has 1 aromatic carbocycles. The molecule has 1 rings (SSSR count). The van der Waals surface area contributed by atoms with Crippen molar-refractivity contribution in [2.75, 3.05) is 16.5 Å². The zero-order valence-corrected chi connectivity index (χ0v) is 12.5. The number of halogens is 3. The van der Waals surface area contributed by atoms with Crippen molar-refractivity contribution in [3.8, 4) is 17.2 Å². The van der Waals surface area contributed by atoms with Gasteiger partial charge in [-0.2, -0.15) is 0 Å². The van der Waals surface area contributed by atoms with Gasteiger partial charge in [0.05, 0.1) is 0 Å². The molecule has 0 atom stereocenters. The van der Waals surface area contributed by atoms with Crippen LogP contribution in [0.3, 0.4) is 0 Å². The van der Waals surface area contributed by atoms with Gasteiger partial charge in [0, 0.05) is 0 Å². The molecule has 0 N–H and O–H groups in total. The fourth-order valence-corrected chi connectivity index (χ4v) is 1.76. The number of hydrogen-bond donors (Lipinski definition) is 0. The summed E-state index contributed by atoms with van der Waals surface area (Å²) in [5.41, 5.74) is 1.20. The lowest BCUT2D eigenvalue weighted by Gasteiger charge is -2.13. The number of ether oxygens (including phenoxy) is 3. The SMILES string of the molecule is BrCOc1cccc(OCBr)c1OCBr. The number of rotatable bonds is 6. The predicted molar refractivity (Wildman–Crippen MR) is 69.7 cm³/mol. The first-order chi connectivity index (χ1) is 7.33. The second-order valence-electron chi connectivity index (χ2n) is 2.34. The zero-order chi connectivity index (χ0) is 11.1. The van der Waals surface area contributed by atoms with Crippen molar-refractivity contribution in [1.29, 1.82) is 0 Å². The maximum Gasteiger partial charge on any atom is 0.204 e. The first-order valence-electron chi connectivity index (χ1n) is 4.02. The molecule has 0 aliphatic heterocycles. The second-order valence-corrected chi connectivity index (χ2v) is 3.72. The highest BCUT2D eigenvalue weighted by atomic mass is 79.9. The van der Waals surface area contributed by atoms with Crippen LogP contribution >= 0.6 is 47.8 Å². The molecule has 0 amide bonds. The summed E-state index contributed by atoms with van der Waals surface area (Å²) >= 11 is 9.59. The Morgan fingerprint density at radius 2 is 1.27 bits per heavy atom. The van der Waals surface area contributed by atoms with Crippen LogP contribution in [0.2, 0.25) is 0 Å². The molecule has 0 fully saturated rings. The van der Waals surface area contributed by atoms with E-state index >= 15 is 0 Å². The largest absolute Gasteiger partial charge is 0.478 e. The molecule has 84 valence electrons. The van der Waals surface area contributed by atoms with Crippen molar-refractivity contribution < 1.29 is 14.2 Å². The van der Waals surface area contributed by atoms with Gasteiger partial charge in [0.2, 0.25) is 5.75 Å². The van der Waals surface area contributed by atoms with Crippen molar-refractivity contribution in [1.82, 2.24) is 0 Å². The maximum absolute atomic E-state index is 5.40. The van der Waals surface area contributed by atoms with Crippen molar-refractivity contribution >= 4 is 47.8 Å². The Hall–Kier alpha value is 0.0600. The molecule has 0 spiro atoms. The lowest BCUT2D eigenvalue weighted by Crippen LogP contribution is -1.99. The minimum absolute atomic E-state index is 0.383. The summed E-state index contributed by atoms with van der Waals surface area (Å²) in [5.74, 6) is 1.88. The number of alkyl halides is 3. The summed E-state index contributed by atoms with van der Waals surface area (Å²) in [6.45, 7) is 0. The molecule has 0 saturated carbocycles. The van der Waals surface area contributed by atoms with Crippen LogP contribution in [0, 0.1) is 0 Å². The van der Waals surface area contributed by atoms with E-state index in [1.807, 2.05) is 18.2 Å².